The first-order chi connectivity index (χ1) is 17.7. The van der Waals surface area contributed by atoms with Crippen LogP contribution in [0.15, 0.2) is 35.5 Å². The van der Waals surface area contributed by atoms with Crippen LogP contribution >= 0.6 is 11.3 Å². The molecule has 5 rings (SSSR count). The van der Waals surface area contributed by atoms with Crippen LogP contribution in [-0.4, -0.2) is 72.8 Å². The molecule has 0 radical (unpaired) electrons. The zero-order valence-corrected chi connectivity index (χ0v) is 23.6. The van der Waals surface area contributed by atoms with Gasteiger partial charge in [0.15, 0.2) is 0 Å². The highest BCUT2D eigenvalue weighted by Crippen LogP contribution is 2.36. The number of anilines is 1. The first-order valence-electron chi connectivity index (χ1n) is 13.0. The molecule has 2 aliphatic heterocycles. The number of thiophene rings is 1. The number of aryl methyl sites for hydroxylation is 2. The van der Waals surface area contributed by atoms with Gasteiger partial charge in [0.25, 0.3) is 0 Å². The van der Waals surface area contributed by atoms with E-state index < -0.39 is 10.0 Å². The van der Waals surface area contributed by atoms with Crippen LogP contribution in [0.2, 0.25) is 0 Å². The maximum absolute atomic E-state index is 13.3. The van der Waals surface area contributed by atoms with Gasteiger partial charge in [0, 0.05) is 50.1 Å². The molecule has 2 aliphatic rings. The summed E-state index contributed by atoms with van der Waals surface area (Å²) in [4.78, 5) is 29.1. The highest BCUT2D eigenvalue weighted by atomic mass is 32.2. The van der Waals surface area contributed by atoms with Gasteiger partial charge in [-0.05, 0) is 55.9 Å². The van der Waals surface area contributed by atoms with Crippen LogP contribution in [0.1, 0.15) is 48.6 Å². The topological polar surface area (TPSA) is 86.7 Å². The van der Waals surface area contributed by atoms with Crippen LogP contribution in [0.25, 0.3) is 10.2 Å². The van der Waals surface area contributed by atoms with E-state index in [0.717, 1.165) is 47.5 Å². The number of fused-ring (bicyclic) bond motifs is 1. The number of hydrogen-bond acceptors (Lipinski definition) is 7. The molecule has 1 aromatic carbocycles. The van der Waals surface area contributed by atoms with Crippen molar-refractivity contribution in [1.82, 2.24) is 19.2 Å². The van der Waals surface area contributed by atoms with Gasteiger partial charge in [-0.25, -0.2) is 18.4 Å². The minimum atomic E-state index is -3.56. The first-order valence-corrected chi connectivity index (χ1v) is 15.3. The monoisotopic (exact) mass is 541 g/mol. The van der Waals surface area contributed by atoms with E-state index in [1.807, 2.05) is 17.0 Å². The smallest absolute Gasteiger partial charge is 0.243 e. The fourth-order valence-electron chi connectivity index (χ4n) is 5.32. The number of carbonyl (C=O) groups is 1. The Morgan fingerprint density at radius 3 is 2.24 bits per heavy atom. The summed E-state index contributed by atoms with van der Waals surface area (Å²) in [6.45, 7) is 11.5. The number of carbonyl (C=O) groups excluding carboxylic acids is 1. The third-order valence-electron chi connectivity index (χ3n) is 7.82. The van der Waals surface area contributed by atoms with Crippen molar-refractivity contribution in [3.05, 3.63) is 46.6 Å². The van der Waals surface area contributed by atoms with E-state index in [2.05, 4.69) is 42.6 Å². The molecule has 2 saturated heterocycles. The molecule has 198 valence electrons. The molecule has 0 spiro atoms. The third-order valence-corrected chi connectivity index (χ3v) is 10.9. The molecule has 0 aliphatic carbocycles. The lowest BCUT2D eigenvalue weighted by Gasteiger charge is -2.38. The molecule has 2 fully saturated rings. The standard InChI is InChI=1S/C27H35N5O3S2/c1-18(2)21-5-7-23(8-6-21)37(34,35)32-15-13-31(14-16-32)27(33)22-9-11-30(12-10-22)25-24-19(3)20(4)36-26(24)29-17-28-25/h5-8,17-18,22H,9-16H2,1-4H3. The molecule has 0 N–H and O–H groups in total. The number of nitrogens with zero attached hydrogens (tertiary/aromatic N) is 5. The molecule has 0 bridgehead atoms. The highest BCUT2D eigenvalue weighted by molar-refractivity contribution is 7.89. The van der Waals surface area contributed by atoms with Gasteiger partial charge in [0.1, 0.15) is 17.0 Å². The van der Waals surface area contributed by atoms with Crippen LogP contribution in [-0.2, 0) is 14.8 Å². The summed E-state index contributed by atoms with van der Waals surface area (Å²) in [5.74, 6) is 1.43. The van der Waals surface area contributed by atoms with Gasteiger partial charge in [-0.2, -0.15) is 4.31 Å². The Bertz CT molecular complexity index is 1390. The Morgan fingerprint density at radius 2 is 1.62 bits per heavy atom. The van der Waals surface area contributed by atoms with Crippen molar-refractivity contribution in [2.24, 2.45) is 5.92 Å². The lowest BCUT2D eigenvalue weighted by molar-refractivity contribution is -0.137. The zero-order chi connectivity index (χ0) is 26.3. The van der Waals surface area contributed by atoms with Crippen LogP contribution in [0.5, 0.6) is 0 Å². The summed E-state index contributed by atoms with van der Waals surface area (Å²) >= 11 is 1.70. The Kier molecular flexibility index (Phi) is 7.26. The fraction of sp³-hybridized carbons (Fsp3) is 0.519. The van der Waals surface area contributed by atoms with E-state index in [4.69, 9.17) is 0 Å². The maximum Gasteiger partial charge on any atom is 0.243 e. The zero-order valence-electron chi connectivity index (χ0n) is 22.0. The molecule has 37 heavy (non-hydrogen) atoms. The van der Waals surface area contributed by atoms with E-state index in [-0.39, 0.29) is 11.8 Å². The fourth-order valence-corrected chi connectivity index (χ4v) is 7.74. The molecule has 2 aromatic heterocycles. The largest absolute Gasteiger partial charge is 0.356 e. The third kappa shape index (κ3) is 4.98. The van der Waals surface area contributed by atoms with E-state index in [9.17, 15) is 13.2 Å². The summed E-state index contributed by atoms with van der Waals surface area (Å²) in [5.41, 5.74) is 2.35. The van der Waals surface area contributed by atoms with Gasteiger partial charge in [0.2, 0.25) is 15.9 Å². The van der Waals surface area contributed by atoms with E-state index >= 15 is 0 Å². The van der Waals surface area contributed by atoms with Crippen LogP contribution in [0.4, 0.5) is 5.82 Å². The van der Waals surface area contributed by atoms with Crippen molar-refractivity contribution in [2.75, 3.05) is 44.2 Å². The molecule has 4 heterocycles. The number of piperidine rings is 1. The first kappa shape index (κ1) is 26.1. The van der Waals surface area contributed by atoms with Crippen LogP contribution < -0.4 is 4.90 Å². The quantitative estimate of drug-likeness (QED) is 0.482. The van der Waals surface area contributed by atoms with E-state index in [0.29, 0.717) is 37.0 Å². The normalized spacial score (nSPS) is 18.2. The maximum atomic E-state index is 13.3. The molecule has 1 amide bonds. The molecular formula is C27H35N5O3S2. The van der Waals surface area contributed by atoms with Gasteiger partial charge in [-0.15, -0.1) is 11.3 Å². The number of hydrogen-bond donors (Lipinski definition) is 0. The van der Waals surface area contributed by atoms with Crippen molar-refractivity contribution >= 4 is 43.3 Å². The second-order valence-electron chi connectivity index (χ2n) is 10.4. The minimum absolute atomic E-state index is 0.0365. The summed E-state index contributed by atoms with van der Waals surface area (Å²) in [6, 6.07) is 7.16. The molecular weight excluding hydrogens is 506 g/mol. The van der Waals surface area contributed by atoms with Gasteiger partial charge in [-0.3, -0.25) is 4.79 Å². The number of aromatic nitrogens is 2. The number of rotatable bonds is 5. The van der Waals surface area contributed by atoms with Crippen molar-refractivity contribution in [1.29, 1.82) is 0 Å². The SMILES string of the molecule is Cc1sc2ncnc(N3CCC(C(=O)N4CCN(S(=O)(=O)c5ccc(C(C)C)cc5)CC4)CC3)c2c1C. The number of piperazine rings is 1. The van der Waals surface area contributed by atoms with Crippen molar-refractivity contribution in [2.45, 2.75) is 51.3 Å². The van der Waals surface area contributed by atoms with Crippen molar-refractivity contribution < 1.29 is 13.2 Å². The van der Waals surface area contributed by atoms with Gasteiger partial charge in [0.05, 0.1) is 10.3 Å². The number of sulfonamides is 1. The molecule has 3 aromatic rings. The summed E-state index contributed by atoms with van der Waals surface area (Å²) in [6.07, 6.45) is 3.18. The Morgan fingerprint density at radius 1 is 0.973 bits per heavy atom. The molecule has 10 heteroatoms. The Hall–Kier alpha value is -2.56. The summed E-state index contributed by atoms with van der Waals surface area (Å²) in [7, 11) is -3.56. The minimum Gasteiger partial charge on any atom is -0.356 e. The predicted molar refractivity (Wildman–Crippen MR) is 148 cm³/mol. The van der Waals surface area contributed by atoms with Gasteiger partial charge in [-0.1, -0.05) is 26.0 Å². The summed E-state index contributed by atoms with van der Waals surface area (Å²) in [5, 5.41) is 1.13. The average molecular weight is 542 g/mol. The molecule has 0 unspecified atom stereocenters. The van der Waals surface area contributed by atoms with E-state index in [1.54, 1.807) is 29.8 Å². The van der Waals surface area contributed by atoms with Gasteiger partial charge >= 0.3 is 0 Å². The second kappa shape index (κ2) is 10.3. The van der Waals surface area contributed by atoms with Gasteiger partial charge < -0.3 is 9.80 Å². The average Bonchev–Trinajstić information content (AvgIpc) is 3.21. The number of amides is 1. The molecule has 0 atom stereocenters. The Balaban J connectivity index is 1.18. The lowest BCUT2D eigenvalue weighted by atomic mass is 9.94. The predicted octanol–water partition coefficient (Wildman–Crippen LogP) is 4.18. The molecule has 0 saturated carbocycles. The second-order valence-corrected chi connectivity index (χ2v) is 13.5. The van der Waals surface area contributed by atoms with Crippen LogP contribution in [0, 0.1) is 19.8 Å². The van der Waals surface area contributed by atoms with Crippen molar-refractivity contribution in [3.8, 4) is 0 Å². The Labute approximate surface area is 223 Å². The molecule has 8 nitrogen and oxygen atoms in total. The van der Waals surface area contributed by atoms with Crippen LogP contribution in [0.3, 0.4) is 0 Å². The number of benzene rings is 1. The lowest BCUT2D eigenvalue weighted by Crippen LogP contribution is -2.52. The summed E-state index contributed by atoms with van der Waals surface area (Å²) < 4.78 is 27.8. The van der Waals surface area contributed by atoms with E-state index in [1.165, 1.54) is 14.7 Å². The van der Waals surface area contributed by atoms with Crippen molar-refractivity contribution in [3.63, 3.8) is 0 Å². The highest BCUT2D eigenvalue weighted by Gasteiger charge is 2.34.